The topological polar surface area (TPSA) is 25.8 Å². The van der Waals surface area contributed by atoms with Gasteiger partial charge in [0.1, 0.15) is 0 Å². The molecule has 0 fully saturated rings. The summed E-state index contributed by atoms with van der Waals surface area (Å²) in [5.74, 6) is 0. The average molecular weight is 192 g/mol. The van der Waals surface area contributed by atoms with Crippen LogP contribution >= 0.6 is 0 Å². The van der Waals surface area contributed by atoms with Gasteiger partial charge in [-0.05, 0) is 19.3 Å². The zero-order valence-electron chi connectivity index (χ0n) is 9.29. The van der Waals surface area contributed by atoms with Crippen molar-refractivity contribution in [3.63, 3.8) is 0 Å². The summed E-state index contributed by atoms with van der Waals surface area (Å²) in [6, 6.07) is 0. The van der Waals surface area contributed by atoms with Gasteiger partial charge in [0, 0.05) is 12.4 Å². The van der Waals surface area contributed by atoms with Crippen LogP contribution in [0.1, 0.15) is 50.9 Å². The predicted octanol–water partition coefficient (Wildman–Crippen LogP) is 3.16. The van der Waals surface area contributed by atoms with E-state index in [1.165, 1.54) is 19.3 Å². The van der Waals surface area contributed by atoms with Crippen LogP contribution in [0.4, 0.5) is 0 Å². The summed E-state index contributed by atoms with van der Waals surface area (Å²) < 4.78 is 0. The maximum absolute atomic E-state index is 4.41. The Morgan fingerprint density at radius 1 is 0.857 bits per heavy atom. The molecule has 1 aromatic heterocycles. The van der Waals surface area contributed by atoms with Crippen molar-refractivity contribution in [3.8, 4) is 0 Å². The smallest absolute Gasteiger partial charge is 0.0586 e. The second kappa shape index (κ2) is 6.52. The summed E-state index contributed by atoms with van der Waals surface area (Å²) in [6.07, 6.45) is 10.9. The van der Waals surface area contributed by atoms with Crippen LogP contribution in [0.25, 0.3) is 0 Å². The first kappa shape index (κ1) is 11.2. The van der Waals surface area contributed by atoms with E-state index in [1.807, 2.05) is 12.4 Å². The fraction of sp³-hybridized carbons (Fsp3) is 0.667. The molecule has 2 heteroatoms. The third-order valence-corrected chi connectivity index (χ3v) is 2.30. The fourth-order valence-electron chi connectivity index (χ4n) is 1.45. The van der Waals surface area contributed by atoms with Crippen molar-refractivity contribution < 1.29 is 0 Å². The summed E-state index contributed by atoms with van der Waals surface area (Å²) >= 11 is 0. The minimum absolute atomic E-state index is 1.04. The van der Waals surface area contributed by atoms with Crippen LogP contribution in [-0.2, 0) is 12.8 Å². The highest BCUT2D eigenvalue weighted by atomic mass is 14.8. The van der Waals surface area contributed by atoms with E-state index in [9.17, 15) is 0 Å². The molecular formula is C12H20N2. The SMILES string of the molecule is CCCCCc1cnc(CCC)cn1. The minimum atomic E-state index is 1.04. The van der Waals surface area contributed by atoms with Crippen molar-refractivity contribution in [1.82, 2.24) is 9.97 Å². The molecule has 2 nitrogen and oxygen atoms in total. The van der Waals surface area contributed by atoms with Crippen LogP contribution < -0.4 is 0 Å². The molecule has 0 aliphatic carbocycles. The Bertz CT molecular complexity index is 241. The standard InChI is InChI=1S/C12H20N2/c1-3-5-6-8-12-10-13-11(7-4-2)9-14-12/h9-10H,3-8H2,1-2H3. The molecule has 0 N–H and O–H groups in total. The van der Waals surface area contributed by atoms with Crippen molar-refractivity contribution >= 4 is 0 Å². The highest BCUT2D eigenvalue weighted by molar-refractivity contribution is 5.02. The van der Waals surface area contributed by atoms with Gasteiger partial charge in [0.2, 0.25) is 0 Å². The van der Waals surface area contributed by atoms with E-state index in [0.717, 1.165) is 30.7 Å². The predicted molar refractivity (Wildman–Crippen MR) is 59.3 cm³/mol. The first-order valence-corrected chi connectivity index (χ1v) is 5.66. The van der Waals surface area contributed by atoms with E-state index in [-0.39, 0.29) is 0 Å². The van der Waals surface area contributed by atoms with Gasteiger partial charge in [-0.1, -0.05) is 33.1 Å². The third kappa shape index (κ3) is 3.86. The number of unbranched alkanes of at least 4 members (excludes halogenated alkanes) is 2. The van der Waals surface area contributed by atoms with Gasteiger partial charge in [0.25, 0.3) is 0 Å². The Kier molecular flexibility index (Phi) is 5.20. The van der Waals surface area contributed by atoms with Crippen LogP contribution in [0.2, 0.25) is 0 Å². The van der Waals surface area contributed by atoms with Gasteiger partial charge in [-0.2, -0.15) is 0 Å². The Morgan fingerprint density at radius 2 is 1.50 bits per heavy atom. The van der Waals surface area contributed by atoms with Crippen molar-refractivity contribution in [2.75, 3.05) is 0 Å². The highest BCUT2D eigenvalue weighted by Gasteiger charge is 1.96. The second-order valence-electron chi connectivity index (χ2n) is 3.71. The third-order valence-electron chi connectivity index (χ3n) is 2.30. The van der Waals surface area contributed by atoms with Gasteiger partial charge in [-0.3, -0.25) is 9.97 Å². The van der Waals surface area contributed by atoms with Crippen LogP contribution in [0, 0.1) is 0 Å². The summed E-state index contributed by atoms with van der Waals surface area (Å²) in [5.41, 5.74) is 2.25. The average Bonchev–Trinajstić information content (AvgIpc) is 2.21. The van der Waals surface area contributed by atoms with Crippen LogP contribution in [-0.4, -0.2) is 9.97 Å². The molecule has 1 heterocycles. The Balaban J connectivity index is 2.38. The number of rotatable bonds is 6. The van der Waals surface area contributed by atoms with Crippen LogP contribution in [0.3, 0.4) is 0 Å². The van der Waals surface area contributed by atoms with Gasteiger partial charge in [0.05, 0.1) is 11.4 Å². The van der Waals surface area contributed by atoms with Gasteiger partial charge in [0.15, 0.2) is 0 Å². The fourth-order valence-corrected chi connectivity index (χ4v) is 1.45. The van der Waals surface area contributed by atoms with Crippen molar-refractivity contribution in [1.29, 1.82) is 0 Å². The second-order valence-corrected chi connectivity index (χ2v) is 3.71. The number of hydrogen-bond donors (Lipinski definition) is 0. The molecule has 0 aliphatic heterocycles. The lowest BCUT2D eigenvalue weighted by molar-refractivity contribution is 0.702. The van der Waals surface area contributed by atoms with Crippen LogP contribution in [0.5, 0.6) is 0 Å². The molecule has 1 aromatic rings. The van der Waals surface area contributed by atoms with E-state index in [0.29, 0.717) is 0 Å². The van der Waals surface area contributed by atoms with Crippen molar-refractivity contribution in [3.05, 3.63) is 23.8 Å². The largest absolute Gasteiger partial charge is 0.258 e. The lowest BCUT2D eigenvalue weighted by atomic mass is 10.1. The normalized spacial score (nSPS) is 10.4. The number of aryl methyl sites for hydroxylation is 2. The van der Waals surface area contributed by atoms with Gasteiger partial charge >= 0.3 is 0 Å². The molecule has 0 atom stereocenters. The van der Waals surface area contributed by atoms with E-state index >= 15 is 0 Å². The molecule has 0 unspecified atom stereocenters. The Labute approximate surface area is 86.8 Å². The van der Waals surface area contributed by atoms with E-state index in [4.69, 9.17) is 0 Å². The summed E-state index contributed by atoms with van der Waals surface area (Å²) in [7, 11) is 0. The molecule has 0 aromatic carbocycles. The van der Waals surface area contributed by atoms with Gasteiger partial charge in [-0.25, -0.2) is 0 Å². The first-order chi connectivity index (χ1) is 6.86. The van der Waals surface area contributed by atoms with E-state index in [1.54, 1.807) is 0 Å². The van der Waals surface area contributed by atoms with E-state index in [2.05, 4.69) is 23.8 Å². The lowest BCUT2D eigenvalue weighted by Gasteiger charge is -2.01. The molecule has 0 radical (unpaired) electrons. The molecule has 1 rings (SSSR count). The molecule has 0 saturated heterocycles. The van der Waals surface area contributed by atoms with Crippen LogP contribution in [0.15, 0.2) is 12.4 Å². The minimum Gasteiger partial charge on any atom is -0.258 e. The zero-order valence-corrected chi connectivity index (χ0v) is 9.29. The number of nitrogens with zero attached hydrogens (tertiary/aromatic N) is 2. The summed E-state index contributed by atoms with van der Waals surface area (Å²) in [6.45, 7) is 4.38. The Morgan fingerprint density at radius 3 is 2.00 bits per heavy atom. The zero-order chi connectivity index (χ0) is 10.2. The number of aromatic nitrogens is 2. The molecular weight excluding hydrogens is 172 g/mol. The molecule has 0 saturated carbocycles. The maximum atomic E-state index is 4.41. The van der Waals surface area contributed by atoms with Crippen molar-refractivity contribution in [2.45, 2.75) is 52.4 Å². The Hall–Kier alpha value is -0.920. The molecule has 0 bridgehead atoms. The maximum Gasteiger partial charge on any atom is 0.0586 e. The van der Waals surface area contributed by atoms with Gasteiger partial charge < -0.3 is 0 Å². The van der Waals surface area contributed by atoms with Crippen molar-refractivity contribution in [2.24, 2.45) is 0 Å². The molecule has 0 amide bonds. The summed E-state index contributed by atoms with van der Waals surface area (Å²) in [4.78, 5) is 8.79. The molecule has 0 spiro atoms. The van der Waals surface area contributed by atoms with E-state index < -0.39 is 0 Å². The van der Waals surface area contributed by atoms with Gasteiger partial charge in [-0.15, -0.1) is 0 Å². The summed E-state index contributed by atoms with van der Waals surface area (Å²) in [5, 5.41) is 0. The number of hydrogen-bond acceptors (Lipinski definition) is 2. The first-order valence-electron chi connectivity index (χ1n) is 5.66. The monoisotopic (exact) mass is 192 g/mol. The molecule has 14 heavy (non-hydrogen) atoms. The lowest BCUT2D eigenvalue weighted by Crippen LogP contribution is -1.96. The highest BCUT2D eigenvalue weighted by Crippen LogP contribution is 2.04. The molecule has 78 valence electrons. The quantitative estimate of drug-likeness (QED) is 0.647. The molecule has 0 aliphatic rings.